The third-order valence-corrected chi connectivity index (χ3v) is 5.59. The largest absolute Gasteiger partial charge is 0.497 e. The molecule has 0 aliphatic heterocycles. The van der Waals surface area contributed by atoms with Crippen molar-refractivity contribution in [2.24, 2.45) is 0 Å². The maximum atomic E-state index is 12.6. The van der Waals surface area contributed by atoms with Crippen LogP contribution in [-0.2, 0) is 16.1 Å². The van der Waals surface area contributed by atoms with Crippen LogP contribution in [-0.4, -0.2) is 51.2 Å². The van der Waals surface area contributed by atoms with Crippen LogP contribution in [0.2, 0.25) is 0 Å². The van der Waals surface area contributed by atoms with E-state index in [0.29, 0.717) is 28.6 Å². The average Bonchev–Trinajstić information content (AvgIpc) is 2.95. The van der Waals surface area contributed by atoms with Crippen molar-refractivity contribution in [2.45, 2.75) is 27.3 Å². The fourth-order valence-electron chi connectivity index (χ4n) is 2.90. The zero-order valence-corrected chi connectivity index (χ0v) is 18.6. The lowest BCUT2D eigenvalue weighted by atomic mass is 10.1. The van der Waals surface area contributed by atoms with Crippen LogP contribution in [0.3, 0.4) is 0 Å². The van der Waals surface area contributed by atoms with E-state index in [2.05, 4.69) is 5.32 Å². The van der Waals surface area contributed by atoms with Gasteiger partial charge in [0.25, 0.3) is 0 Å². The summed E-state index contributed by atoms with van der Waals surface area (Å²) in [6.07, 6.45) is 0. The molecule has 0 atom stereocenters. The van der Waals surface area contributed by atoms with Gasteiger partial charge in [0.05, 0.1) is 32.9 Å². The minimum absolute atomic E-state index is 0.160. The Balaban J connectivity index is 2.06. The average molecular weight is 421 g/mol. The van der Waals surface area contributed by atoms with Crippen LogP contribution in [0, 0.1) is 13.8 Å². The Morgan fingerprint density at radius 1 is 1.17 bits per heavy atom. The van der Waals surface area contributed by atoms with Gasteiger partial charge in [-0.2, -0.15) is 0 Å². The monoisotopic (exact) mass is 420 g/mol. The van der Waals surface area contributed by atoms with Crippen LogP contribution >= 0.6 is 11.3 Å². The van der Waals surface area contributed by atoms with E-state index in [9.17, 15) is 9.59 Å². The van der Waals surface area contributed by atoms with Crippen LogP contribution in [0.25, 0.3) is 0 Å². The molecule has 0 aliphatic rings. The molecule has 0 radical (unpaired) electrons. The molecule has 1 amide bonds. The third-order valence-electron chi connectivity index (χ3n) is 4.47. The second-order valence-corrected chi connectivity index (χ2v) is 7.83. The number of aryl methyl sites for hydroxylation is 1. The van der Waals surface area contributed by atoms with Crippen LogP contribution < -0.4 is 14.8 Å². The van der Waals surface area contributed by atoms with E-state index in [1.807, 2.05) is 44.0 Å². The number of anilines is 1. The highest BCUT2D eigenvalue weighted by atomic mass is 32.1. The number of hydrogen-bond acceptors (Lipinski definition) is 7. The van der Waals surface area contributed by atoms with Gasteiger partial charge in [0, 0.05) is 23.1 Å². The molecule has 8 heteroatoms. The molecule has 2 rings (SSSR count). The molecule has 0 saturated carbocycles. The molecule has 1 N–H and O–H groups in total. The van der Waals surface area contributed by atoms with Crippen LogP contribution in [0.1, 0.15) is 33.3 Å². The van der Waals surface area contributed by atoms with E-state index >= 15 is 0 Å². The third kappa shape index (κ3) is 5.71. The Morgan fingerprint density at radius 2 is 1.90 bits per heavy atom. The lowest BCUT2D eigenvalue weighted by molar-refractivity contribution is -0.117. The van der Waals surface area contributed by atoms with Crippen LogP contribution in [0.4, 0.5) is 5.00 Å². The zero-order chi connectivity index (χ0) is 21.6. The molecule has 1 aromatic heterocycles. The number of benzene rings is 1. The standard InChI is InChI=1S/C21H28N2O5S/c1-7-28-21(25)19-13(2)14(3)29-20(19)22-18(24)12-23(4)11-15-8-9-16(26-5)10-17(15)27-6/h8-10H,7,11-12H2,1-6H3,(H,22,24). The van der Waals surface area contributed by atoms with Gasteiger partial charge in [0.2, 0.25) is 5.91 Å². The maximum absolute atomic E-state index is 12.6. The van der Waals surface area contributed by atoms with Gasteiger partial charge in [-0.1, -0.05) is 6.07 Å². The summed E-state index contributed by atoms with van der Waals surface area (Å²) in [6.45, 7) is 6.50. The summed E-state index contributed by atoms with van der Waals surface area (Å²) in [5, 5.41) is 3.39. The molecule has 29 heavy (non-hydrogen) atoms. The molecule has 2 aromatic rings. The highest BCUT2D eigenvalue weighted by Gasteiger charge is 2.22. The fraction of sp³-hybridized carbons (Fsp3) is 0.429. The molecule has 0 spiro atoms. The highest BCUT2D eigenvalue weighted by molar-refractivity contribution is 7.16. The predicted molar refractivity (Wildman–Crippen MR) is 114 cm³/mol. The number of amides is 1. The summed E-state index contributed by atoms with van der Waals surface area (Å²) in [7, 11) is 5.05. The lowest BCUT2D eigenvalue weighted by Gasteiger charge is -2.18. The van der Waals surface area contributed by atoms with Gasteiger partial charge in [-0.15, -0.1) is 11.3 Å². The lowest BCUT2D eigenvalue weighted by Crippen LogP contribution is -2.30. The molecule has 158 valence electrons. The number of carbonyl (C=O) groups is 2. The van der Waals surface area contributed by atoms with Crippen molar-refractivity contribution in [1.29, 1.82) is 0 Å². The van der Waals surface area contributed by atoms with Crippen molar-refractivity contribution < 1.29 is 23.8 Å². The number of rotatable bonds is 9. The molecular formula is C21H28N2O5S. The van der Waals surface area contributed by atoms with Gasteiger partial charge in [-0.05, 0) is 39.4 Å². The number of methoxy groups -OCH3 is 2. The maximum Gasteiger partial charge on any atom is 0.341 e. The summed E-state index contributed by atoms with van der Waals surface area (Å²) in [5.41, 5.74) is 2.21. The number of ether oxygens (including phenoxy) is 3. The van der Waals surface area contributed by atoms with Crippen molar-refractivity contribution in [3.8, 4) is 11.5 Å². The summed E-state index contributed by atoms with van der Waals surface area (Å²) in [6, 6.07) is 5.58. The van der Waals surface area contributed by atoms with Crippen molar-refractivity contribution in [3.05, 3.63) is 39.8 Å². The number of likely N-dealkylation sites (N-methyl/N-ethyl adjacent to an activating group) is 1. The highest BCUT2D eigenvalue weighted by Crippen LogP contribution is 2.33. The summed E-state index contributed by atoms with van der Waals surface area (Å²) in [4.78, 5) is 27.7. The Bertz CT molecular complexity index is 878. The van der Waals surface area contributed by atoms with Gasteiger partial charge < -0.3 is 19.5 Å². The number of thiophene rings is 1. The second-order valence-electron chi connectivity index (χ2n) is 6.61. The molecule has 0 aliphatic carbocycles. The summed E-state index contributed by atoms with van der Waals surface area (Å²) in [5.74, 6) is 0.791. The normalized spacial score (nSPS) is 10.7. The number of hydrogen-bond donors (Lipinski definition) is 1. The molecule has 7 nitrogen and oxygen atoms in total. The number of carbonyl (C=O) groups excluding carboxylic acids is 2. The summed E-state index contributed by atoms with van der Waals surface area (Å²) >= 11 is 1.38. The van der Waals surface area contributed by atoms with Crippen molar-refractivity contribution in [2.75, 3.05) is 39.7 Å². The predicted octanol–water partition coefficient (Wildman–Crippen LogP) is 3.63. The minimum Gasteiger partial charge on any atom is -0.497 e. The van der Waals surface area contributed by atoms with Crippen LogP contribution in [0.5, 0.6) is 11.5 Å². The second kappa shape index (κ2) is 10.3. The minimum atomic E-state index is -0.416. The fourth-order valence-corrected chi connectivity index (χ4v) is 3.97. The van der Waals surface area contributed by atoms with Crippen molar-refractivity contribution in [1.82, 2.24) is 4.90 Å². The van der Waals surface area contributed by atoms with Gasteiger partial charge in [-0.3, -0.25) is 9.69 Å². The van der Waals surface area contributed by atoms with Gasteiger partial charge in [-0.25, -0.2) is 4.79 Å². The Hall–Kier alpha value is -2.58. The van der Waals surface area contributed by atoms with E-state index < -0.39 is 5.97 Å². The topological polar surface area (TPSA) is 77.1 Å². The quantitative estimate of drug-likeness (QED) is 0.624. The molecule has 1 aromatic carbocycles. The van der Waals surface area contributed by atoms with E-state index in [4.69, 9.17) is 14.2 Å². The van der Waals surface area contributed by atoms with Crippen LogP contribution in [0.15, 0.2) is 18.2 Å². The first-order chi connectivity index (χ1) is 13.8. The molecule has 0 bridgehead atoms. The van der Waals surface area contributed by atoms with Crippen molar-refractivity contribution >= 4 is 28.2 Å². The Morgan fingerprint density at radius 3 is 2.52 bits per heavy atom. The molecule has 1 heterocycles. The molecular weight excluding hydrogens is 392 g/mol. The SMILES string of the molecule is CCOC(=O)c1c(NC(=O)CN(C)Cc2ccc(OC)cc2OC)sc(C)c1C. The first kappa shape index (κ1) is 22.7. The van der Waals surface area contributed by atoms with Crippen molar-refractivity contribution in [3.63, 3.8) is 0 Å². The van der Waals surface area contributed by atoms with E-state index in [0.717, 1.165) is 16.0 Å². The number of nitrogens with zero attached hydrogens (tertiary/aromatic N) is 1. The van der Waals surface area contributed by atoms with E-state index in [-0.39, 0.29) is 19.1 Å². The first-order valence-corrected chi connectivity index (χ1v) is 10.1. The van der Waals surface area contributed by atoms with E-state index in [1.165, 1.54) is 11.3 Å². The first-order valence-electron chi connectivity index (χ1n) is 9.27. The van der Waals surface area contributed by atoms with Gasteiger partial charge in [0.1, 0.15) is 16.5 Å². The van der Waals surface area contributed by atoms with Gasteiger partial charge >= 0.3 is 5.97 Å². The Labute approximate surface area is 175 Å². The van der Waals surface area contributed by atoms with Gasteiger partial charge in [0.15, 0.2) is 0 Å². The van der Waals surface area contributed by atoms with E-state index in [1.54, 1.807) is 21.1 Å². The Kier molecular flexibility index (Phi) is 8.04. The smallest absolute Gasteiger partial charge is 0.341 e. The number of esters is 1. The molecule has 0 fully saturated rings. The number of nitrogens with one attached hydrogen (secondary N) is 1. The molecule has 0 unspecified atom stereocenters. The molecule has 0 saturated heterocycles. The zero-order valence-electron chi connectivity index (χ0n) is 17.8. The summed E-state index contributed by atoms with van der Waals surface area (Å²) < 4.78 is 15.8.